The van der Waals surface area contributed by atoms with Crippen LogP contribution in [0.15, 0.2) is 0 Å². The fourth-order valence-electron chi connectivity index (χ4n) is 2.36. The van der Waals surface area contributed by atoms with Crippen molar-refractivity contribution in [3.05, 3.63) is 0 Å². The first-order valence-corrected chi connectivity index (χ1v) is 10.2. The molecule has 180 valence electrons. The van der Waals surface area contributed by atoms with Gasteiger partial charge in [-0.25, -0.2) is 14.9 Å². The minimum absolute atomic E-state index is 0.0786. The minimum atomic E-state index is -0.686. The molecule has 0 spiro atoms. The normalized spacial score (nSPS) is 11.1. The minimum Gasteiger partial charge on any atom is -0.460 e. The molecule has 0 radical (unpaired) electrons. The molecule has 0 saturated carbocycles. The van der Waals surface area contributed by atoms with E-state index >= 15 is 0 Å². The lowest BCUT2D eigenvalue weighted by atomic mass is 10.1. The Labute approximate surface area is 184 Å². The first-order chi connectivity index (χ1) is 14.4. The zero-order valence-corrected chi connectivity index (χ0v) is 19.7. The average molecular weight is 448 g/mol. The highest BCUT2D eigenvalue weighted by Gasteiger charge is 2.21. The van der Waals surface area contributed by atoms with E-state index in [1.807, 2.05) is 0 Å². The molecule has 0 fully saturated rings. The number of amides is 3. The topological polar surface area (TPSA) is 124 Å². The number of hydrogen-bond donors (Lipinski definition) is 1. The van der Waals surface area contributed by atoms with E-state index < -0.39 is 17.8 Å². The van der Waals surface area contributed by atoms with Crippen molar-refractivity contribution >= 4 is 23.9 Å². The van der Waals surface area contributed by atoms with Crippen LogP contribution in [-0.4, -0.2) is 80.6 Å². The summed E-state index contributed by atoms with van der Waals surface area (Å²) in [6, 6.07) is 0. The van der Waals surface area contributed by atoms with E-state index in [-0.39, 0.29) is 56.4 Å². The van der Waals surface area contributed by atoms with Gasteiger partial charge in [-0.1, -0.05) is 0 Å². The first kappa shape index (κ1) is 28.6. The molecular formula is C20H37N3O8. The van der Waals surface area contributed by atoms with Gasteiger partial charge in [-0.15, -0.1) is 0 Å². The van der Waals surface area contributed by atoms with E-state index in [2.05, 4.69) is 5.32 Å². The number of hydrogen-bond acceptors (Lipinski definition) is 8. The maximum atomic E-state index is 12.1. The van der Waals surface area contributed by atoms with Gasteiger partial charge in [0.1, 0.15) is 11.7 Å². The number of nitrogens with one attached hydrogen (secondary N) is 1. The second-order valence-electron chi connectivity index (χ2n) is 7.87. The SMILES string of the molecule is CON(C)C(=O)CCC(CCC(=O)N(C)OC)OC(=O)NCCCC(=O)OC(C)(C)C. The van der Waals surface area contributed by atoms with Gasteiger partial charge in [0, 0.05) is 39.9 Å². The summed E-state index contributed by atoms with van der Waals surface area (Å²) in [5.41, 5.74) is -0.556. The molecule has 0 bridgehead atoms. The van der Waals surface area contributed by atoms with Crippen LogP contribution in [-0.2, 0) is 33.5 Å². The van der Waals surface area contributed by atoms with Crippen LogP contribution >= 0.6 is 0 Å². The van der Waals surface area contributed by atoms with Crippen LogP contribution in [0.1, 0.15) is 59.3 Å². The van der Waals surface area contributed by atoms with Crippen LogP contribution in [0.2, 0.25) is 0 Å². The van der Waals surface area contributed by atoms with Crippen LogP contribution in [0.25, 0.3) is 0 Å². The van der Waals surface area contributed by atoms with Crippen LogP contribution in [0.5, 0.6) is 0 Å². The third-order valence-corrected chi connectivity index (χ3v) is 4.13. The second-order valence-corrected chi connectivity index (χ2v) is 7.87. The van der Waals surface area contributed by atoms with Crippen LogP contribution < -0.4 is 5.32 Å². The average Bonchev–Trinajstić information content (AvgIpc) is 2.69. The van der Waals surface area contributed by atoms with E-state index in [0.717, 1.165) is 10.1 Å². The molecule has 0 atom stereocenters. The Morgan fingerprint density at radius 1 is 0.871 bits per heavy atom. The summed E-state index contributed by atoms with van der Waals surface area (Å²) in [4.78, 5) is 57.3. The van der Waals surface area contributed by atoms with Gasteiger partial charge in [0.05, 0.1) is 14.2 Å². The lowest BCUT2D eigenvalue weighted by Crippen LogP contribution is -2.33. The number of carbonyl (C=O) groups excluding carboxylic acids is 4. The fourth-order valence-corrected chi connectivity index (χ4v) is 2.36. The fraction of sp³-hybridized carbons (Fsp3) is 0.800. The molecule has 3 amide bonds. The maximum Gasteiger partial charge on any atom is 0.407 e. The molecule has 0 heterocycles. The van der Waals surface area contributed by atoms with Crippen molar-refractivity contribution in [2.45, 2.75) is 71.0 Å². The van der Waals surface area contributed by atoms with Gasteiger partial charge < -0.3 is 14.8 Å². The molecule has 0 unspecified atom stereocenters. The summed E-state index contributed by atoms with van der Waals surface area (Å²) in [5, 5.41) is 4.73. The Morgan fingerprint density at radius 2 is 1.35 bits per heavy atom. The van der Waals surface area contributed by atoms with E-state index in [1.165, 1.54) is 28.3 Å². The molecule has 0 aliphatic carbocycles. The molecule has 0 aliphatic rings. The Hall–Kier alpha value is -2.40. The molecular weight excluding hydrogens is 410 g/mol. The number of esters is 1. The summed E-state index contributed by atoms with van der Waals surface area (Å²) in [5.74, 6) is -0.912. The molecule has 1 N–H and O–H groups in total. The van der Waals surface area contributed by atoms with Crippen molar-refractivity contribution in [3.63, 3.8) is 0 Å². The van der Waals surface area contributed by atoms with Crippen LogP contribution in [0.3, 0.4) is 0 Å². The van der Waals surface area contributed by atoms with Gasteiger partial charge in [-0.05, 0) is 40.0 Å². The highest BCUT2D eigenvalue weighted by atomic mass is 16.7. The van der Waals surface area contributed by atoms with Gasteiger partial charge in [-0.2, -0.15) is 0 Å². The van der Waals surface area contributed by atoms with E-state index in [4.69, 9.17) is 19.1 Å². The summed E-state index contributed by atoms with van der Waals surface area (Å²) >= 11 is 0. The second kappa shape index (κ2) is 14.6. The van der Waals surface area contributed by atoms with E-state index in [1.54, 1.807) is 20.8 Å². The molecule has 31 heavy (non-hydrogen) atoms. The number of alkyl carbamates (subject to hydrolysis) is 1. The quantitative estimate of drug-likeness (QED) is 0.258. The summed E-state index contributed by atoms with van der Waals surface area (Å²) in [6.07, 6.45) is -0.183. The zero-order chi connectivity index (χ0) is 24.0. The van der Waals surface area contributed by atoms with E-state index in [9.17, 15) is 19.2 Å². The zero-order valence-electron chi connectivity index (χ0n) is 19.7. The van der Waals surface area contributed by atoms with Crippen molar-refractivity contribution in [2.75, 3.05) is 34.9 Å². The number of rotatable bonds is 13. The monoisotopic (exact) mass is 447 g/mol. The molecule has 11 nitrogen and oxygen atoms in total. The first-order valence-electron chi connectivity index (χ1n) is 10.2. The molecule has 11 heteroatoms. The molecule has 0 aliphatic heterocycles. The van der Waals surface area contributed by atoms with Crippen molar-refractivity contribution in [2.24, 2.45) is 0 Å². The molecule has 0 aromatic rings. The molecule has 0 saturated heterocycles. The number of nitrogens with zero attached hydrogens (tertiary/aromatic N) is 2. The summed E-state index contributed by atoms with van der Waals surface area (Å²) in [7, 11) is 5.70. The van der Waals surface area contributed by atoms with Crippen molar-refractivity contribution in [1.82, 2.24) is 15.4 Å². The Balaban J connectivity index is 4.57. The third kappa shape index (κ3) is 14.3. The van der Waals surface area contributed by atoms with Gasteiger partial charge in [-0.3, -0.25) is 24.1 Å². The lowest BCUT2D eigenvalue weighted by Gasteiger charge is -2.21. The highest BCUT2D eigenvalue weighted by molar-refractivity contribution is 5.75. The predicted molar refractivity (Wildman–Crippen MR) is 111 cm³/mol. The Bertz CT molecular complexity index is 565. The lowest BCUT2D eigenvalue weighted by molar-refractivity contribution is -0.169. The maximum absolute atomic E-state index is 12.1. The van der Waals surface area contributed by atoms with Crippen molar-refractivity contribution in [1.29, 1.82) is 0 Å². The standard InChI is InChI=1S/C20H37N3O8/c1-20(2,3)31-18(26)9-8-14-21-19(27)30-15(10-12-16(24)22(4)28-6)11-13-17(25)23(5)29-7/h15H,8-14H2,1-7H3,(H,21,27). The Kier molecular flexibility index (Phi) is 13.4. The summed E-state index contributed by atoms with van der Waals surface area (Å²) < 4.78 is 10.6. The number of carbonyl (C=O) groups is 4. The van der Waals surface area contributed by atoms with E-state index in [0.29, 0.717) is 6.42 Å². The third-order valence-electron chi connectivity index (χ3n) is 4.13. The van der Waals surface area contributed by atoms with Crippen molar-refractivity contribution < 1.29 is 38.3 Å². The highest BCUT2D eigenvalue weighted by Crippen LogP contribution is 2.13. The molecule has 0 aromatic carbocycles. The van der Waals surface area contributed by atoms with Gasteiger partial charge in [0.25, 0.3) is 0 Å². The smallest absolute Gasteiger partial charge is 0.407 e. The molecule has 0 rings (SSSR count). The van der Waals surface area contributed by atoms with Gasteiger partial charge in [0.2, 0.25) is 11.8 Å². The van der Waals surface area contributed by atoms with Crippen LogP contribution in [0, 0.1) is 0 Å². The van der Waals surface area contributed by atoms with Crippen LogP contribution in [0.4, 0.5) is 4.79 Å². The number of ether oxygens (including phenoxy) is 2. The predicted octanol–water partition coefficient (Wildman–Crippen LogP) is 1.80. The Morgan fingerprint density at radius 3 is 1.77 bits per heavy atom. The summed E-state index contributed by atoms with van der Waals surface area (Å²) in [6.45, 7) is 5.57. The molecule has 0 aromatic heterocycles. The van der Waals surface area contributed by atoms with Gasteiger partial charge >= 0.3 is 12.1 Å². The van der Waals surface area contributed by atoms with Gasteiger partial charge in [0.15, 0.2) is 0 Å². The largest absolute Gasteiger partial charge is 0.460 e. The van der Waals surface area contributed by atoms with Crippen molar-refractivity contribution in [3.8, 4) is 0 Å². The number of hydroxylamine groups is 4.